The molecule has 1 aliphatic rings. The first kappa shape index (κ1) is 19.9. The lowest BCUT2D eigenvalue weighted by Crippen LogP contribution is -2.31. The fraction of sp³-hybridized carbons (Fsp3) is 0.273. The van der Waals surface area contributed by atoms with Gasteiger partial charge < -0.3 is 14.8 Å². The maximum atomic E-state index is 12.5. The second kappa shape index (κ2) is 8.89. The van der Waals surface area contributed by atoms with E-state index < -0.39 is 0 Å². The Bertz CT molecular complexity index is 906. The Balaban J connectivity index is 1.75. The molecule has 2 aromatic carbocycles. The summed E-state index contributed by atoms with van der Waals surface area (Å²) in [6, 6.07) is 13.8. The highest BCUT2D eigenvalue weighted by molar-refractivity contribution is 7.80. The molecule has 0 spiro atoms. The molecular weight excluding hydrogens is 372 g/mol. The fourth-order valence-corrected chi connectivity index (χ4v) is 3.19. The van der Waals surface area contributed by atoms with Gasteiger partial charge in [0.15, 0.2) is 16.6 Å². The molecule has 3 rings (SSSR count). The summed E-state index contributed by atoms with van der Waals surface area (Å²) in [5, 5.41) is 3.43. The molecule has 0 radical (unpaired) electrons. The number of rotatable bonds is 7. The molecule has 0 unspecified atom stereocenters. The zero-order valence-electron chi connectivity index (χ0n) is 16.3. The van der Waals surface area contributed by atoms with Crippen molar-refractivity contribution in [3.8, 4) is 11.5 Å². The van der Waals surface area contributed by atoms with Crippen LogP contribution in [0.1, 0.15) is 30.0 Å². The highest BCUT2D eigenvalue weighted by atomic mass is 32.1. The van der Waals surface area contributed by atoms with Crippen molar-refractivity contribution < 1.29 is 14.3 Å². The van der Waals surface area contributed by atoms with E-state index in [4.69, 9.17) is 21.7 Å². The first-order valence-electron chi connectivity index (χ1n) is 9.22. The number of benzene rings is 2. The minimum Gasteiger partial charge on any atom is -0.493 e. The fourth-order valence-electron chi connectivity index (χ4n) is 2.90. The zero-order chi connectivity index (χ0) is 20.1. The van der Waals surface area contributed by atoms with E-state index in [0.29, 0.717) is 35.5 Å². The van der Waals surface area contributed by atoms with E-state index in [-0.39, 0.29) is 5.91 Å². The van der Waals surface area contributed by atoms with E-state index in [0.717, 1.165) is 17.5 Å². The topological polar surface area (TPSA) is 50.8 Å². The predicted molar refractivity (Wildman–Crippen MR) is 114 cm³/mol. The van der Waals surface area contributed by atoms with Crippen LogP contribution in [-0.4, -0.2) is 29.6 Å². The van der Waals surface area contributed by atoms with Gasteiger partial charge in [-0.05, 0) is 54.9 Å². The normalized spacial score (nSPS) is 15.1. The second-order valence-corrected chi connectivity index (χ2v) is 7.02. The third kappa shape index (κ3) is 4.51. The molecule has 0 bridgehead atoms. The Morgan fingerprint density at radius 3 is 2.57 bits per heavy atom. The summed E-state index contributed by atoms with van der Waals surface area (Å²) in [5.74, 6) is 1.16. The maximum absolute atomic E-state index is 12.5. The molecule has 6 heteroatoms. The van der Waals surface area contributed by atoms with Crippen LogP contribution in [0.2, 0.25) is 0 Å². The number of methoxy groups -OCH3 is 1. The van der Waals surface area contributed by atoms with Crippen LogP contribution in [0, 0.1) is 6.92 Å². The lowest BCUT2D eigenvalue weighted by Gasteiger charge is -2.12. The standard InChI is InChI=1S/C22H24N2O3S/c1-4-11-24-21(25)18(23-22(24)28)12-17-9-10-19(20(13-17)26-3)27-14-16-7-5-15(2)6-8-16/h5-10,12-13H,4,11,14H2,1-3H3,(H,23,28). The van der Waals surface area contributed by atoms with Gasteiger partial charge in [-0.3, -0.25) is 9.69 Å². The molecule has 146 valence electrons. The van der Waals surface area contributed by atoms with Crippen LogP contribution in [-0.2, 0) is 11.4 Å². The van der Waals surface area contributed by atoms with Gasteiger partial charge in [0.1, 0.15) is 12.3 Å². The Morgan fingerprint density at radius 1 is 1.14 bits per heavy atom. The van der Waals surface area contributed by atoms with Gasteiger partial charge >= 0.3 is 0 Å². The van der Waals surface area contributed by atoms with E-state index in [9.17, 15) is 4.79 Å². The highest BCUT2D eigenvalue weighted by Gasteiger charge is 2.29. The maximum Gasteiger partial charge on any atom is 0.276 e. The van der Waals surface area contributed by atoms with Gasteiger partial charge in [0, 0.05) is 6.54 Å². The number of amides is 1. The molecule has 0 aliphatic carbocycles. The van der Waals surface area contributed by atoms with Crippen LogP contribution in [0.4, 0.5) is 0 Å². The Kier molecular flexibility index (Phi) is 6.31. The van der Waals surface area contributed by atoms with Crippen molar-refractivity contribution in [2.45, 2.75) is 26.9 Å². The predicted octanol–water partition coefficient (Wildman–Crippen LogP) is 4.05. The van der Waals surface area contributed by atoms with E-state index in [1.165, 1.54) is 5.56 Å². The van der Waals surface area contributed by atoms with Gasteiger partial charge in [-0.2, -0.15) is 0 Å². The SMILES string of the molecule is CCCN1C(=O)C(=Cc2ccc(OCc3ccc(C)cc3)c(OC)c2)NC1=S. The average molecular weight is 397 g/mol. The zero-order valence-corrected chi connectivity index (χ0v) is 17.1. The molecule has 1 aliphatic heterocycles. The minimum absolute atomic E-state index is 0.106. The van der Waals surface area contributed by atoms with Crippen molar-refractivity contribution in [1.82, 2.24) is 10.2 Å². The van der Waals surface area contributed by atoms with Crippen LogP contribution in [0.3, 0.4) is 0 Å². The Labute approximate surface area is 170 Å². The average Bonchev–Trinajstić information content (AvgIpc) is 2.96. The van der Waals surface area contributed by atoms with Gasteiger partial charge in [0.2, 0.25) is 0 Å². The molecule has 2 aromatic rings. The summed E-state index contributed by atoms with van der Waals surface area (Å²) in [6.07, 6.45) is 2.62. The van der Waals surface area contributed by atoms with Gasteiger partial charge in [0.05, 0.1) is 7.11 Å². The summed E-state index contributed by atoms with van der Waals surface area (Å²) in [7, 11) is 1.60. The first-order chi connectivity index (χ1) is 13.5. The van der Waals surface area contributed by atoms with Crippen molar-refractivity contribution in [3.05, 3.63) is 64.9 Å². The Morgan fingerprint density at radius 2 is 1.89 bits per heavy atom. The van der Waals surface area contributed by atoms with Crippen molar-refractivity contribution in [1.29, 1.82) is 0 Å². The number of ether oxygens (including phenoxy) is 2. The van der Waals surface area contributed by atoms with Crippen LogP contribution in [0.25, 0.3) is 6.08 Å². The summed E-state index contributed by atoms with van der Waals surface area (Å²) >= 11 is 5.24. The minimum atomic E-state index is -0.106. The summed E-state index contributed by atoms with van der Waals surface area (Å²) in [6.45, 7) is 5.13. The second-order valence-electron chi connectivity index (χ2n) is 6.63. The Hall–Kier alpha value is -2.86. The van der Waals surface area contributed by atoms with Crippen LogP contribution in [0.5, 0.6) is 11.5 Å². The lowest BCUT2D eigenvalue weighted by molar-refractivity contribution is -0.122. The smallest absolute Gasteiger partial charge is 0.276 e. The summed E-state index contributed by atoms with van der Waals surface area (Å²) < 4.78 is 11.4. The van der Waals surface area contributed by atoms with E-state index in [2.05, 4.69) is 24.4 Å². The van der Waals surface area contributed by atoms with Crippen molar-refractivity contribution in [2.24, 2.45) is 0 Å². The van der Waals surface area contributed by atoms with Gasteiger partial charge in [-0.1, -0.05) is 42.8 Å². The molecule has 1 heterocycles. The number of carbonyl (C=O) groups is 1. The van der Waals surface area contributed by atoms with Crippen LogP contribution >= 0.6 is 12.2 Å². The van der Waals surface area contributed by atoms with Gasteiger partial charge in [0.25, 0.3) is 5.91 Å². The quantitative estimate of drug-likeness (QED) is 0.565. The number of thiocarbonyl (C=S) groups is 1. The van der Waals surface area contributed by atoms with Crippen LogP contribution in [0.15, 0.2) is 48.2 Å². The molecule has 1 fully saturated rings. The molecule has 0 aromatic heterocycles. The van der Waals surface area contributed by atoms with Crippen molar-refractivity contribution >= 4 is 29.3 Å². The van der Waals surface area contributed by atoms with E-state index in [1.807, 2.05) is 37.3 Å². The van der Waals surface area contributed by atoms with E-state index >= 15 is 0 Å². The number of nitrogens with one attached hydrogen (secondary N) is 1. The molecule has 0 saturated carbocycles. The number of hydrogen-bond donors (Lipinski definition) is 1. The molecule has 0 atom stereocenters. The molecular formula is C22H24N2O3S. The third-order valence-corrected chi connectivity index (χ3v) is 4.75. The lowest BCUT2D eigenvalue weighted by atomic mass is 10.1. The largest absolute Gasteiger partial charge is 0.493 e. The highest BCUT2D eigenvalue weighted by Crippen LogP contribution is 2.30. The van der Waals surface area contributed by atoms with Gasteiger partial charge in [-0.15, -0.1) is 0 Å². The number of hydrogen-bond acceptors (Lipinski definition) is 4. The molecule has 1 amide bonds. The van der Waals surface area contributed by atoms with Crippen LogP contribution < -0.4 is 14.8 Å². The third-order valence-electron chi connectivity index (χ3n) is 4.42. The molecule has 5 nitrogen and oxygen atoms in total. The van der Waals surface area contributed by atoms with Gasteiger partial charge in [-0.25, -0.2) is 0 Å². The van der Waals surface area contributed by atoms with Crippen molar-refractivity contribution in [2.75, 3.05) is 13.7 Å². The summed E-state index contributed by atoms with van der Waals surface area (Å²) in [5.41, 5.74) is 3.60. The number of aryl methyl sites for hydroxylation is 1. The van der Waals surface area contributed by atoms with E-state index in [1.54, 1.807) is 18.1 Å². The molecule has 1 N–H and O–H groups in total. The molecule has 1 saturated heterocycles. The number of carbonyl (C=O) groups excluding carboxylic acids is 1. The molecule has 28 heavy (non-hydrogen) atoms. The first-order valence-corrected chi connectivity index (χ1v) is 9.63. The number of nitrogens with zero attached hydrogens (tertiary/aromatic N) is 1. The van der Waals surface area contributed by atoms with Crippen molar-refractivity contribution in [3.63, 3.8) is 0 Å². The summed E-state index contributed by atoms with van der Waals surface area (Å²) in [4.78, 5) is 14.0. The monoisotopic (exact) mass is 396 g/mol.